The van der Waals surface area contributed by atoms with E-state index in [-0.39, 0.29) is 0 Å². The zero-order chi connectivity index (χ0) is 15.2. The van der Waals surface area contributed by atoms with Crippen LogP contribution < -0.4 is 0 Å². The van der Waals surface area contributed by atoms with E-state index in [1.165, 1.54) is 6.07 Å². The van der Waals surface area contributed by atoms with Gasteiger partial charge in [-0.2, -0.15) is 0 Å². The van der Waals surface area contributed by atoms with Crippen molar-refractivity contribution in [1.29, 1.82) is 0 Å². The molecule has 1 aromatic carbocycles. The Kier molecular flexibility index (Phi) is 6.08. The van der Waals surface area contributed by atoms with E-state index in [9.17, 15) is 13.9 Å². The summed E-state index contributed by atoms with van der Waals surface area (Å²) in [6, 6.07) is 3.56. The number of nitrogens with zero attached hydrogens (tertiary/aromatic N) is 1. The highest BCUT2D eigenvalue weighted by Gasteiger charge is 2.22. The molecule has 5 heteroatoms. The van der Waals surface area contributed by atoms with Gasteiger partial charge in [0, 0.05) is 19.7 Å². The Morgan fingerprint density at radius 2 is 2.19 bits per heavy atom. The summed E-state index contributed by atoms with van der Waals surface area (Å²) in [6.45, 7) is 5.67. The summed E-state index contributed by atoms with van der Waals surface area (Å²) in [4.78, 5) is 2.17. The number of halogens is 2. The lowest BCUT2D eigenvalue weighted by Crippen LogP contribution is -2.39. The van der Waals surface area contributed by atoms with Crippen LogP contribution >= 0.6 is 0 Å². The van der Waals surface area contributed by atoms with Crippen LogP contribution in [0.15, 0.2) is 18.2 Å². The summed E-state index contributed by atoms with van der Waals surface area (Å²) in [6.07, 6.45) is 1.41. The lowest BCUT2D eigenvalue weighted by atomic mass is 9.98. The van der Waals surface area contributed by atoms with E-state index in [0.717, 1.165) is 44.7 Å². The van der Waals surface area contributed by atoms with Crippen LogP contribution in [0.2, 0.25) is 0 Å². The van der Waals surface area contributed by atoms with Gasteiger partial charge in [-0.25, -0.2) is 8.78 Å². The first-order valence-corrected chi connectivity index (χ1v) is 7.53. The number of piperidine rings is 1. The van der Waals surface area contributed by atoms with E-state index in [0.29, 0.717) is 24.6 Å². The summed E-state index contributed by atoms with van der Waals surface area (Å²) in [5, 5.41) is 10.2. The minimum absolute atomic E-state index is 0.417. The molecular weight excluding hydrogens is 276 g/mol. The van der Waals surface area contributed by atoms with Crippen LogP contribution in [0.1, 0.15) is 31.4 Å². The van der Waals surface area contributed by atoms with E-state index < -0.39 is 17.7 Å². The average molecular weight is 299 g/mol. The van der Waals surface area contributed by atoms with E-state index in [1.54, 1.807) is 0 Å². The first-order valence-electron chi connectivity index (χ1n) is 7.53. The van der Waals surface area contributed by atoms with E-state index in [1.807, 2.05) is 6.92 Å². The predicted octanol–water partition coefficient (Wildman–Crippen LogP) is 2.75. The Morgan fingerprint density at radius 1 is 1.38 bits per heavy atom. The number of rotatable bonds is 6. The number of aliphatic hydroxyl groups excluding tert-OH is 1. The van der Waals surface area contributed by atoms with Crippen molar-refractivity contribution in [2.75, 3.05) is 32.8 Å². The van der Waals surface area contributed by atoms with Gasteiger partial charge in [0.2, 0.25) is 0 Å². The van der Waals surface area contributed by atoms with E-state index in [4.69, 9.17) is 4.74 Å². The number of hydrogen-bond donors (Lipinski definition) is 1. The molecule has 0 bridgehead atoms. The molecule has 1 N–H and O–H groups in total. The Hall–Kier alpha value is -1.04. The number of hydrogen-bond acceptors (Lipinski definition) is 3. The molecule has 0 aromatic heterocycles. The van der Waals surface area contributed by atoms with Crippen molar-refractivity contribution in [2.45, 2.75) is 25.9 Å². The molecule has 0 radical (unpaired) electrons. The van der Waals surface area contributed by atoms with Gasteiger partial charge in [-0.1, -0.05) is 6.07 Å². The number of benzene rings is 1. The molecule has 3 nitrogen and oxygen atoms in total. The van der Waals surface area contributed by atoms with Crippen molar-refractivity contribution in [1.82, 2.24) is 4.90 Å². The van der Waals surface area contributed by atoms with Crippen LogP contribution in [0.25, 0.3) is 0 Å². The van der Waals surface area contributed by atoms with Gasteiger partial charge in [-0.15, -0.1) is 0 Å². The molecule has 2 rings (SSSR count). The standard InChI is InChI=1S/C16H23F2NO2/c1-2-21-11-12-4-3-7-19(9-12)10-16(20)13-5-6-14(17)15(18)8-13/h5-6,8,12,16,20H,2-4,7,9-11H2,1H3. The first-order chi connectivity index (χ1) is 10.1. The third-order valence-electron chi connectivity index (χ3n) is 3.92. The second kappa shape index (κ2) is 7.82. The zero-order valence-electron chi connectivity index (χ0n) is 12.4. The molecule has 1 aromatic rings. The molecule has 1 fully saturated rings. The van der Waals surface area contributed by atoms with Crippen LogP contribution in [-0.2, 0) is 4.74 Å². The maximum Gasteiger partial charge on any atom is 0.159 e. The highest BCUT2D eigenvalue weighted by Crippen LogP contribution is 2.22. The minimum Gasteiger partial charge on any atom is -0.387 e. The number of β-amino-alcohol motifs (C(OH)–C–C–N with tert-alkyl or cyclic N) is 1. The Morgan fingerprint density at radius 3 is 2.90 bits per heavy atom. The fourth-order valence-electron chi connectivity index (χ4n) is 2.81. The van der Waals surface area contributed by atoms with Crippen molar-refractivity contribution >= 4 is 0 Å². The second-order valence-electron chi connectivity index (χ2n) is 5.62. The third kappa shape index (κ3) is 4.73. The third-order valence-corrected chi connectivity index (χ3v) is 3.92. The van der Waals surface area contributed by atoms with Gasteiger partial charge >= 0.3 is 0 Å². The quantitative estimate of drug-likeness (QED) is 0.877. The second-order valence-corrected chi connectivity index (χ2v) is 5.62. The number of likely N-dealkylation sites (tertiary alicyclic amines) is 1. The van der Waals surface area contributed by atoms with Crippen molar-refractivity contribution in [2.24, 2.45) is 5.92 Å². The lowest BCUT2D eigenvalue weighted by molar-refractivity contribution is 0.0441. The molecule has 0 saturated carbocycles. The summed E-state index contributed by atoms with van der Waals surface area (Å²) in [5.41, 5.74) is 0.417. The van der Waals surface area contributed by atoms with Gasteiger partial charge in [0.15, 0.2) is 11.6 Å². The highest BCUT2D eigenvalue weighted by molar-refractivity contribution is 5.20. The van der Waals surface area contributed by atoms with Crippen LogP contribution in [0, 0.1) is 17.6 Å². The maximum absolute atomic E-state index is 13.2. The SMILES string of the molecule is CCOCC1CCCN(CC(O)c2ccc(F)c(F)c2)C1. The molecule has 21 heavy (non-hydrogen) atoms. The molecule has 1 aliphatic rings. The summed E-state index contributed by atoms with van der Waals surface area (Å²) < 4.78 is 31.6. The highest BCUT2D eigenvalue weighted by atomic mass is 19.2. The van der Waals surface area contributed by atoms with E-state index >= 15 is 0 Å². The molecule has 2 unspecified atom stereocenters. The molecule has 1 heterocycles. The molecular formula is C16H23F2NO2. The molecule has 0 aliphatic carbocycles. The number of aliphatic hydroxyl groups is 1. The monoisotopic (exact) mass is 299 g/mol. The predicted molar refractivity (Wildman–Crippen MR) is 77.0 cm³/mol. The summed E-state index contributed by atoms with van der Waals surface area (Å²) in [5.74, 6) is -1.32. The average Bonchev–Trinajstić information content (AvgIpc) is 2.48. The van der Waals surface area contributed by atoms with Crippen LogP contribution in [0.4, 0.5) is 8.78 Å². The molecule has 1 aliphatic heterocycles. The molecule has 0 spiro atoms. The Bertz CT molecular complexity index is 456. The number of ether oxygens (including phenoxy) is 1. The van der Waals surface area contributed by atoms with Crippen LogP contribution in [0.3, 0.4) is 0 Å². The normalized spacial score (nSPS) is 21.4. The van der Waals surface area contributed by atoms with Crippen LogP contribution in [-0.4, -0.2) is 42.9 Å². The fraction of sp³-hybridized carbons (Fsp3) is 0.625. The van der Waals surface area contributed by atoms with Crippen molar-refractivity contribution < 1.29 is 18.6 Å². The Labute approximate surface area is 124 Å². The maximum atomic E-state index is 13.2. The molecule has 1 saturated heterocycles. The summed E-state index contributed by atoms with van der Waals surface area (Å²) >= 11 is 0. The van der Waals surface area contributed by atoms with Gasteiger partial charge in [-0.05, 0) is 49.9 Å². The van der Waals surface area contributed by atoms with Gasteiger partial charge < -0.3 is 14.7 Å². The van der Waals surface area contributed by atoms with Crippen LogP contribution in [0.5, 0.6) is 0 Å². The fourth-order valence-corrected chi connectivity index (χ4v) is 2.81. The van der Waals surface area contributed by atoms with Gasteiger partial charge in [0.05, 0.1) is 12.7 Å². The topological polar surface area (TPSA) is 32.7 Å². The molecule has 2 atom stereocenters. The first kappa shape index (κ1) is 16.3. The van der Waals surface area contributed by atoms with Gasteiger partial charge in [0.1, 0.15) is 0 Å². The van der Waals surface area contributed by atoms with Gasteiger partial charge in [-0.3, -0.25) is 0 Å². The molecule has 0 amide bonds. The van der Waals surface area contributed by atoms with Crippen molar-refractivity contribution in [3.8, 4) is 0 Å². The van der Waals surface area contributed by atoms with E-state index in [2.05, 4.69) is 4.90 Å². The Balaban J connectivity index is 1.89. The van der Waals surface area contributed by atoms with Crippen molar-refractivity contribution in [3.05, 3.63) is 35.4 Å². The van der Waals surface area contributed by atoms with Crippen molar-refractivity contribution in [3.63, 3.8) is 0 Å². The molecule has 118 valence electrons. The largest absolute Gasteiger partial charge is 0.387 e. The van der Waals surface area contributed by atoms with Gasteiger partial charge in [0.25, 0.3) is 0 Å². The zero-order valence-corrected chi connectivity index (χ0v) is 12.4. The smallest absolute Gasteiger partial charge is 0.159 e. The minimum atomic E-state index is -0.917. The summed E-state index contributed by atoms with van der Waals surface area (Å²) in [7, 11) is 0. The lowest BCUT2D eigenvalue weighted by Gasteiger charge is -2.33.